The summed E-state index contributed by atoms with van der Waals surface area (Å²) in [6.07, 6.45) is 0. The zero-order valence-electron chi connectivity index (χ0n) is 31.5. The third kappa shape index (κ3) is 3.80. The monoisotopic (exact) mass is 728 g/mol. The van der Waals surface area contributed by atoms with E-state index in [0.717, 1.165) is 0 Å². The van der Waals surface area contributed by atoms with E-state index >= 15 is 0 Å². The van der Waals surface area contributed by atoms with Crippen molar-refractivity contribution in [3.63, 3.8) is 0 Å². The Morgan fingerprint density at radius 3 is 1.48 bits per heavy atom. The summed E-state index contributed by atoms with van der Waals surface area (Å²) < 4.78 is 0. The number of rotatable bonds is 3. The van der Waals surface area contributed by atoms with Gasteiger partial charge in [0.25, 0.3) is 0 Å². The molecule has 0 saturated carbocycles. The Morgan fingerprint density at radius 2 is 0.724 bits per heavy atom. The van der Waals surface area contributed by atoms with Crippen molar-refractivity contribution in [3.8, 4) is 55.6 Å². The van der Waals surface area contributed by atoms with Gasteiger partial charge in [-0.2, -0.15) is 0 Å². The van der Waals surface area contributed by atoms with E-state index in [2.05, 4.69) is 194 Å². The Hall–Kier alpha value is -7.54. The summed E-state index contributed by atoms with van der Waals surface area (Å²) in [6, 6.07) is 73.2. The molecule has 0 saturated heterocycles. The van der Waals surface area contributed by atoms with Gasteiger partial charge in [-0.25, -0.2) is 0 Å². The minimum absolute atomic E-state index is 1.25. The zero-order valence-corrected chi connectivity index (χ0v) is 31.5. The Balaban J connectivity index is 1.17. The van der Waals surface area contributed by atoms with Gasteiger partial charge in [0.1, 0.15) is 0 Å². The van der Waals surface area contributed by atoms with Crippen LogP contribution in [0.25, 0.3) is 142 Å². The Kier molecular flexibility index (Phi) is 5.85. The van der Waals surface area contributed by atoms with Crippen molar-refractivity contribution >= 4 is 86.2 Å². The van der Waals surface area contributed by atoms with Crippen molar-refractivity contribution in [2.24, 2.45) is 0 Å². The average Bonchev–Trinajstić information content (AvgIpc) is 3.92. The van der Waals surface area contributed by atoms with Crippen LogP contribution >= 0.6 is 0 Å². The molecule has 1 aliphatic rings. The molecule has 264 valence electrons. The van der Waals surface area contributed by atoms with Gasteiger partial charge in [-0.3, -0.25) is 0 Å². The van der Waals surface area contributed by atoms with Gasteiger partial charge in [0.15, 0.2) is 0 Å². The van der Waals surface area contributed by atoms with Crippen LogP contribution in [-0.2, 0) is 0 Å². The van der Waals surface area contributed by atoms with Crippen LogP contribution in [0.15, 0.2) is 194 Å². The van der Waals surface area contributed by atoms with E-state index in [4.69, 9.17) is 0 Å². The van der Waals surface area contributed by atoms with Crippen LogP contribution < -0.4 is 0 Å². The van der Waals surface area contributed by atoms with E-state index in [9.17, 15) is 0 Å². The molecule has 0 heteroatoms. The van der Waals surface area contributed by atoms with Crippen LogP contribution in [0.5, 0.6) is 0 Å². The molecule has 13 aromatic rings. The first-order valence-corrected chi connectivity index (χ1v) is 20.4. The molecular weight excluding hydrogens is 697 g/mol. The molecule has 0 aromatic heterocycles. The number of hydrogen-bond donors (Lipinski definition) is 0. The van der Waals surface area contributed by atoms with Crippen LogP contribution in [0.3, 0.4) is 0 Å². The fourth-order valence-corrected chi connectivity index (χ4v) is 11.2. The van der Waals surface area contributed by atoms with E-state index in [1.807, 2.05) is 0 Å². The van der Waals surface area contributed by atoms with Gasteiger partial charge in [0.05, 0.1) is 0 Å². The quantitative estimate of drug-likeness (QED) is 0.159. The molecule has 0 unspecified atom stereocenters. The minimum atomic E-state index is 1.25. The second-order valence-electron chi connectivity index (χ2n) is 16.2. The first-order chi connectivity index (χ1) is 28.8. The maximum atomic E-state index is 2.53. The maximum Gasteiger partial charge on any atom is -0.000719 e. The summed E-state index contributed by atoms with van der Waals surface area (Å²) in [6.45, 7) is 0. The van der Waals surface area contributed by atoms with Crippen molar-refractivity contribution in [3.05, 3.63) is 194 Å². The summed E-state index contributed by atoms with van der Waals surface area (Å²) in [4.78, 5) is 0. The molecule has 0 radical (unpaired) electrons. The fraction of sp³-hybridized carbons (Fsp3) is 0. The summed E-state index contributed by atoms with van der Waals surface area (Å²) in [7, 11) is 0. The summed E-state index contributed by atoms with van der Waals surface area (Å²) >= 11 is 0. The Bertz CT molecular complexity index is 3870. The van der Waals surface area contributed by atoms with Gasteiger partial charge in [-0.05, 0) is 154 Å². The lowest BCUT2D eigenvalue weighted by molar-refractivity contribution is 1.66. The lowest BCUT2D eigenvalue weighted by Gasteiger charge is -2.19. The second kappa shape index (κ2) is 11.1. The number of fused-ring (bicyclic) bond motifs is 11. The molecule has 0 spiro atoms. The Morgan fingerprint density at radius 1 is 0.190 bits per heavy atom. The van der Waals surface area contributed by atoms with Crippen LogP contribution in [0, 0.1) is 0 Å². The molecule has 0 nitrogen and oxygen atoms in total. The maximum absolute atomic E-state index is 2.53. The lowest BCUT2D eigenvalue weighted by atomic mass is 9.84. The van der Waals surface area contributed by atoms with E-state index < -0.39 is 0 Å². The van der Waals surface area contributed by atoms with Gasteiger partial charge < -0.3 is 0 Å². The second-order valence-corrected chi connectivity index (χ2v) is 16.2. The predicted octanol–water partition coefficient (Wildman–Crippen LogP) is 16.4. The van der Waals surface area contributed by atoms with E-state index in [-0.39, 0.29) is 0 Å². The van der Waals surface area contributed by atoms with E-state index in [1.54, 1.807) is 0 Å². The van der Waals surface area contributed by atoms with Crippen molar-refractivity contribution < 1.29 is 0 Å². The highest BCUT2D eigenvalue weighted by Crippen LogP contribution is 2.56. The van der Waals surface area contributed by atoms with Crippen molar-refractivity contribution in [1.82, 2.24) is 0 Å². The molecule has 1 aliphatic carbocycles. The van der Waals surface area contributed by atoms with Crippen molar-refractivity contribution in [2.75, 3.05) is 0 Å². The average molecular weight is 729 g/mol. The van der Waals surface area contributed by atoms with E-state index in [1.165, 1.54) is 142 Å². The Labute approximate surface area is 334 Å². The third-order valence-corrected chi connectivity index (χ3v) is 13.5. The molecule has 0 atom stereocenters. The summed E-state index contributed by atoms with van der Waals surface area (Å²) in [5, 5.41) is 21.2. The number of hydrogen-bond acceptors (Lipinski definition) is 0. The fourth-order valence-electron chi connectivity index (χ4n) is 11.2. The topological polar surface area (TPSA) is 0 Å². The predicted molar refractivity (Wildman–Crippen MR) is 250 cm³/mol. The standard InChI is InChI=1S/C58H32/c1-3-13-34(14-4-1)52-50-32-49-39-20-8-7-19-38(39)43-24-12-25-45(55(43)49)56(50)53(35-15-5-2-6-16-35)58-47-30-29-37(41-23-11-26-46(54(41)47)57(52)58)36-27-28-40-42-21-9-17-33-18-10-22-44(51(33)42)48(40)31-36/h1-32H. The summed E-state index contributed by atoms with van der Waals surface area (Å²) in [5.41, 5.74) is 13.0. The largest absolute Gasteiger partial charge is 0.0622 e. The van der Waals surface area contributed by atoms with Crippen LogP contribution in [0.2, 0.25) is 0 Å². The highest BCUT2D eigenvalue weighted by Gasteiger charge is 2.27. The van der Waals surface area contributed by atoms with Gasteiger partial charge >= 0.3 is 0 Å². The lowest BCUT2D eigenvalue weighted by Crippen LogP contribution is -1.91. The summed E-state index contributed by atoms with van der Waals surface area (Å²) in [5.74, 6) is 0. The molecular formula is C58H32. The SMILES string of the molecule is c1ccc(-c2c3cc4c5ccccc5c5cccc(c3c(-c3ccccc3)c3c6ccc(-c7ccc8c(c7)-c7cccc9cccc-8c79)c7cccc(c23)c76)c54)cc1. The molecule has 0 fully saturated rings. The molecule has 0 amide bonds. The first-order valence-electron chi connectivity index (χ1n) is 20.4. The van der Waals surface area contributed by atoms with E-state index in [0.29, 0.717) is 0 Å². The minimum Gasteiger partial charge on any atom is -0.0622 e. The van der Waals surface area contributed by atoms with Gasteiger partial charge in [0.2, 0.25) is 0 Å². The van der Waals surface area contributed by atoms with Crippen molar-refractivity contribution in [2.45, 2.75) is 0 Å². The van der Waals surface area contributed by atoms with Gasteiger partial charge in [-0.15, -0.1) is 0 Å². The highest BCUT2D eigenvalue weighted by atomic mass is 14.3. The van der Waals surface area contributed by atoms with Gasteiger partial charge in [0, 0.05) is 0 Å². The molecule has 0 heterocycles. The highest BCUT2D eigenvalue weighted by molar-refractivity contribution is 6.45. The van der Waals surface area contributed by atoms with Crippen molar-refractivity contribution in [1.29, 1.82) is 0 Å². The van der Waals surface area contributed by atoms with Crippen LogP contribution in [0.1, 0.15) is 0 Å². The molecule has 0 bridgehead atoms. The molecule has 13 aromatic carbocycles. The molecule has 58 heavy (non-hydrogen) atoms. The van der Waals surface area contributed by atoms with Gasteiger partial charge in [-0.1, -0.05) is 182 Å². The first kappa shape index (κ1) is 30.7. The van der Waals surface area contributed by atoms with Crippen LogP contribution in [0.4, 0.5) is 0 Å². The van der Waals surface area contributed by atoms with Crippen LogP contribution in [-0.4, -0.2) is 0 Å². The molecule has 14 rings (SSSR count). The number of benzene rings is 11. The molecule has 0 aliphatic heterocycles. The third-order valence-electron chi connectivity index (χ3n) is 13.5. The zero-order chi connectivity index (χ0) is 37.6. The molecule has 0 N–H and O–H groups in total. The smallest absolute Gasteiger partial charge is 0.000719 e. The normalized spacial score (nSPS) is 12.5.